The van der Waals surface area contributed by atoms with Crippen molar-refractivity contribution in [1.29, 1.82) is 0 Å². The van der Waals surface area contributed by atoms with Crippen LogP contribution in [0.15, 0.2) is 61.1 Å². The molecule has 0 radical (unpaired) electrons. The van der Waals surface area contributed by atoms with Gasteiger partial charge in [-0.1, -0.05) is 6.07 Å². The SMILES string of the molecule is NC(=O)c1ccc(Nc2nccc(-c3ccc4nc[nH]c4c3)n2)cc1. The van der Waals surface area contributed by atoms with Crippen LogP contribution < -0.4 is 11.1 Å². The van der Waals surface area contributed by atoms with E-state index in [1.165, 1.54) is 0 Å². The molecule has 0 aliphatic rings. The van der Waals surface area contributed by atoms with Crippen LogP contribution in [0.5, 0.6) is 0 Å². The average Bonchev–Trinajstić information content (AvgIpc) is 3.10. The van der Waals surface area contributed by atoms with E-state index >= 15 is 0 Å². The molecule has 2 aromatic heterocycles. The zero-order valence-electron chi connectivity index (χ0n) is 13.1. The molecule has 122 valence electrons. The van der Waals surface area contributed by atoms with Crippen molar-refractivity contribution in [3.05, 3.63) is 66.6 Å². The van der Waals surface area contributed by atoms with Gasteiger partial charge in [0, 0.05) is 23.0 Å². The summed E-state index contributed by atoms with van der Waals surface area (Å²) < 4.78 is 0. The summed E-state index contributed by atoms with van der Waals surface area (Å²) in [4.78, 5) is 27.2. The summed E-state index contributed by atoms with van der Waals surface area (Å²) in [5, 5.41) is 3.12. The highest BCUT2D eigenvalue weighted by molar-refractivity contribution is 5.93. The van der Waals surface area contributed by atoms with E-state index in [-0.39, 0.29) is 0 Å². The first kappa shape index (κ1) is 14.8. The lowest BCUT2D eigenvalue weighted by Gasteiger charge is -2.07. The zero-order chi connectivity index (χ0) is 17.2. The van der Waals surface area contributed by atoms with Gasteiger partial charge in [0.15, 0.2) is 0 Å². The van der Waals surface area contributed by atoms with Crippen LogP contribution in [-0.2, 0) is 0 Å². The first-order valence-corrected chi connectivity index (χ1v) is 7.62. The third-order valence-electron chi connectivity index (χ3n) is 3.80. The number of benzene rings is 2. The highest BCUT2D eigenvalue weighted by Crippen LogP contribution is 2.22. The maximum absolute atomic E-state index is 11.1. The summed E-state index contributed by atoms with van der Waals surface area (Å²) in [6, 6.07) is 14.6. The second-order valence-corrected chi connectivity index (χ2v) is 5.47. The van der Waals surface area contributed by atoms with E-state index in [0.29, 0.717) is 11.5 Å². The third kappa shape index (κ3) is 3.02. The molecule has 2 heterocycles. The molecule has 2 aromatic carbocycles. The Hall–Kier alpha value is -3.74. The number of hydrogen-bond donors (Lipinski definition) is 3. The van der Waals surface area contributed by atoms with Crippen LogP contribution in [-0.4, -0.2) is 25.8 Å². The average molecular weight is 330 g/mol. The first-order valence-electron chi connectivity index (χ1n) is 7.62. The van der Waals surface area contributed by atoms with Gasteiger partial charge in [-0.05, 0) is 42.5 Å². The Morgan fingerprint density at radius 2 is 1.88 bits per heavy atom. The predicted molar refractivity (Wildman–Crippen MR) is 95.4 cm³/mol. The maximum Gasteiger partial charge on any atom is 0.248 e. The molecule has 4 aromatic rings. The minimum absolute atomic E-state index is 0.452. The van der Waals surface area contributed by atoms with Gasteiger partial charge in [0.1, 0.15) is 0 Å². The molecule has 0 bridgehead atoms. The van der Waals surface area contributed by atoms with Gasteiger partial charge in [-0.2, -0.15) is 0 Å². The molecule has 0 aliphatic carbocycles. The van der Waals surface area contributed by atoms with Crippen molar-refractivity contribution in [2.24, 2.45) is 5.73 Å². The van der Waals surface area contributed by atoms with E-state index in [9.17, 15) is 4.79 Å². The summed E-state index contributed by atoms with van der Waals surface area (Å²) in [5.41, 5.74) is 10.1. The van der Waals surface area contributed by atoms with Gasteiger partial charge in [0.2, 0.25) is 11.9 Å². The number of H-pyrrole nitrogens is 1. The molecule has 7 heteroatoms. The number of aromatic nitrogens is 4. The Bertz CT molecular complexity index is 1050. The quantitative estimate of drug-likeness (QED) is 0.533. The van der Waals surface area contributed by atoms with Crippen molar-refractivity contribution in [2.45, 2.75) is 0 Å². The number of rotatable bonds is 4. The standard InChI is InChI=1S/C18H14N6O/c19-17(25)11-1-4-13(5-2-11)23-18-20-8-7-14(24-18)12-3-6-15-16(9-12)22-10-21-15/h1-10H,(H2,19,25)(H,21,22)(H,20,23,24). The van der Waals surface area contributed by atoms with Crippen molar-refractivity contribution in [2.75, 3.05) is 5.32 Å². The summed E-state index contributed by atoms with van der Waals surface area (Å²) in [7, 11) is 0. The largest absolute Gasteiger partial charge is 0.366 e. The van der Waals surface area contributed by atoms with Gasteiger partial charge in [-0.25, -0.2) is 15.0 Å². The van der Waals surface area contributed by atoms with Crippen LogP contribution >= 0.6 is 0 Å². The highest BCUT2D eigenvalue weighted by atomic mass is 16.1. The second-order valence-electron chi connectivity index (χ2n) is 5.47. The van der Waals surface area contributed by atoms with Crippen LogP contribution in [0, 0.1) is 0 Å². The van der Waals surface area contributed by atoms with Crippen molar-refractivity contribution >= 4 is 28.6 Å². The van der Waals surface area contributed by atoms with E-state index < -0.39 is 5.91 Å². The number of nitrogens with zero attached hydrogens (tertiary/aromatic N) is 3. The van der Waals surface area contributed by atoms with E-state index in [4.69, 9.17) is 5.73 Å². The molecule has 1 amide bonds. The Kier molecular flexibility index (Phi) is 3.59. The molecule has 0 unspecified atom stereocenters. The number of primary amides is 1. The van der Waals surface area contributed by atoms with Crippen LogP contribution in [0.3, 0.4) is 0 Å². The van der Waals surface area contributed by atoms with E-state index in [0.717, 1.165) is 28.0 Å². The fourth-order valence-corrected chi connectivity index (χ4v) is 2.52. The highest BCUT2D eigenvalue weighted by Gasteiger charge is 2.06. The van der Waals surface area contributed by atoms with Gasteiger partial charge in [0.25, 0.3) is 0 Å². The summed E-state index contributed by atoms with van der Waals surface area (Å²) >= 11 is 0. The fourth-order valence-electron chi connectivity index (χ4n) is 2.52. The number of fused-ring (bicyclic) bond motifs is 1. The molecular formula is C18H14N6O. The van der Waals surface area contributed by atoms with Gasteiger partial charge in [-0.15, -0.1) is 0 Å². The second kappa shape index (κ2) is 6.04. The Morgan fingerprint density at radius 1 is 1.04 bits per heavy atom. The summed E-state index contributed by atoms with van der Waals surface area (Å²) in [6.07, 6.45) is 3.36. The zero-order valence-corrected chi connectivity index (χ0v) is 13.1. The lowest BCUT2D eigenvalue weighted by molar-refractivity contribution is 0.100. The monoisotopic (exact) mass is 330 g/mol. The maximum atomic E-state index is 11.1. The number of carbonyl (C=O) groups excluding carboxylic acids is 1. The first-order chi connectivity index (χ1) is 12.2. The van der Waals surface area contributed by atoms with E-state index in [2.05, 4.69) is 25.3 Å². The minimum Gasteiger partial charge on any atom is -0.366 e. The number of carbonyl (C=O) groups is 1. The van der Waals surface area contributed by atoms with Crippen molar-refractivity contribution in [3.63, 3.8) is 0 Å². The van der Waals surface area contributed by atoms with Gasteiger partial charge in [0.05, 0.1) is 23.1 Å². The van der Waals surface area contributed by atoms with Crippen LogP contribution in [0.4, 0.5) is 11.6 Å². The molecule has 4 N–H and O–H groups in total. The van der Waals surface area contributed by atoms with Crippen LogP contribution in [0.1, 0.15) is 10.4 Å². The topological polar surface area (TPSA) is 110 Å². The fraction of sp³-hybridized carbons (Fsp3) is 0. The van der Waals surface area contributed by atoms with E-state index in [1.807, 2.05) is 24.3 Å². The van der Waals surface area contributed by atoms with Gasteiger partial charge < -0.3 is 16.0 Å². The number of amides is 1. The number of imidazole rings is 1. The van der Waals surface area contributed by atoms with Gasteiger partial charge in [-0.3, -0.25) is 4.79 Å². The molecule has 4 rings (SSSR count). The Balaban J connectivity index is 1.61. The van der Waals surface area contributed by atoms with Crippen molar-refractivity contribution in [3.8, 4) is 11.3 Å². The van der Waals surface area contributed by atoms with Crippen LogP contribution in [0.25, 0.3) is 22.3 Å². The molecule has 25 heavy (non-hydrogen) atoms. The van der Waals surface area contributed by atoms with Crippen molar-refractivity contribution in [1.82, 2.24) is 19.9 Å². The third-order valence-corrected chi connectivity index (χ3v) is 3.80. The lowest BCUT2D eigenvalue weighted by atomic mass is 10.1. The normalized spacial score (nSPS) is 10.7. The number of hydrogen-bond acceptors (Lipinski definition) is 5. The number of aromatic amines is 1. The molecule has 0 spiro atoms. The van der Waals surface area contributed by atoms with Gasteiger partial charge >= 0.3 is 0 Å². The number of nitrogens with two attached hydrogens (primary N) is 1. The Morgan fingerprint density at radius 3 is 2.68 bits per heavy atom. The number of anilines is 2. The minimum atomic E-state index is -0.459. The molecular weight excluding hydrogens is 316 g/mol. The molecule has 0 aliphatic heterocycles. The summed E-state index contributed by atoms with van der Waals surface area (Å²) in [5.74, 6) is 0.00743. The molecule has 0 fully saturated rings. The molecule has 0 saturated heterocycles. The smallest absolute Gasteiger partial charge is 0.248 e. The van der Waals surface area contributed by atoms with Crippen LogP contribution in [0.2, 0.25) is 0 Å². The lowest BCUT2D eigenvalue weighted by Crippen LogP contribution is -2.10. The number of nitrogens with one attached hydrogen (secondary N) is 2. The molecule has 0 atom stereocenters. The molecule has 7 nitrogen and oxygen atoms in total. The van der Waals surface area contributed by atoms with Crippen molar-refractivity contribution < 1.29 is 4.79 Å². The summed E-state index contributed by atoms with van der Waals surface area (Å²) in [6.45, 7) is 0. The predicted octanol–water partition coefficient (Wildman–Crippen LogP) is 2.86. The molecule has 0 saturated carbocycles. The van der Waals surface area contributed by atoms with E-state index in [1.54, 1.807) is 36.8 Å². The Labute approximate surface area is 143 Å².